The van der Waals surface area contributed by atoms with Crippen molar-refractivity contribution in [2.24, 2.45) is 0 Å². The van der Waals surface area contributed by atoms with Gasteiger partial charge in [0.25, 0.3) is 0 Å². The molecule has 0 aliphatic rings. The van der Waals surface area contributed by atoms with Crippen LogP contribution in [0.4, 0.5) is 0 Å². The van der Waals surface area contributed by atoms with E-state index in [1.807, 2.05) is 0 Å². The minimum Gasteiger partial charge on any atom is -0.496 e. The van der Waals surface area contributed by atoms with Crippen LogP contribution in [0, 0.1) is 0 Å². The molecule has 0 spiro atoms. The van der Waals surface area contributed by atoms with Gasteiger partial charge >= 0.3 is 0 Å². The summed E-state index contributed by atoms with van der Waals surface area (Å²) in [5.74, 6) is 1.29. The summed E-state index contributed by atoms with van der Waals surface area (Å²) in [6, 6.07) is 3.38. The third kappa shape index (κ3) is 2.03. The van der Waals surface area contributed by atoms with Crippen LogP contribution in [0.2, 0.25) is 0 Å². The summed E-state index contributed by atoms with van der Waals surface area (Å²) in [6.07, 6.45) is 0. The van der Waals surface area contributed by atoms with Crippen LogP contribution in [0.25, 0.3) is 0 Å². The first-order valence-corrected chi connectivity index (χ1v) is 4.45. The van der Waals surface area contributed by atoms with Gasteiger partial charge in [0.2, 0.25) is 0 Å². The highest BCUT2D eigenvalue weighted by Crippen LogP contribution is 2.37. The third-order valence-corrected chi connectivity index (χ3v) is 2.08. The maximum atomic E-state index is 11.5. The van der Waals surface area contributed by atoms with Gasteiger partial charge in [0.05, 0.1) is 21.3 Å². The van der Waals surface area contributed by atoms with E-state index in [1.165, 1.54) is 28.3 Å². The quantitative estimate of drug-likeness (QED) is 0.712. The van der Waals surface area contributed by atoms with E-state index in [1.54, 1.807) is 12.1 Å². The van der Waals surface area contributed by atoms with E-state index < -0.39 is 0 Å². The smallest absolute Gasteiger partial charge is 0.175 e. The number of Topliss-reactive ketones (excluding diaryl/α,β-unsaturated/α-hetero) is 1. The van der Waals surface area contributed by atoms with E-state index in [0.29, 0.717) is 22.8 Å². The molecule has 0 radical (unpaired) electrons. The van der Waals surface area contributed by atoms with Gasteiger partial charge in [-0.2, -0.15) is 0 Å². The highest BCUT2D eigenvalue weighted by Gasteiger charge is 2.18. The lowest BCUT2D eigenvalue weighted by molar-refractivity contribution is 0.101. The van der Waals surface area contributed by atoms with Gasteiger partial charge in [-0.3, -0.25) is 4.79 Å². The van der Waals surface area contributed by atoms with Crippen molar-refractivity contribution < 1.29 is 19.0 Å². The Morgan fingerprint density at radius 3 is 1.93 bits per heavy atom. The summed E-state index contributed by atoms with van der Waals surface area (Å²) in [4.78, 5) is 11.5. The lowest BCUT2D eigenvalue weighted by Gasteiger charge is -2.13. The zero-order chi connectivity index (χ0) is 11.4. The van der Waals surface area contributed by atoms with Crippen molar-refractivity contribution in [3.63, 3.8) is 0 Å². The number of hydrogen-bond acceptors (Lipinski definition) is 4. The Bertz CT molecular complexity index is 371. The number of methoxy groups -OCH3 is 3. The molecule has 1 aromatic carbocycles. The Hall–Kier alpha value is -1.71. The monoisotopic (exact) mass is 210 g/mol. The van der Waals surface area contributed by atoms with Crippen molar-refractivity contribution in [1.82, 2.24) is 0 Å². The maximum absolute atomic E-state index is 11.5. The fraction of sp³-hybridized carbons (Fsp3) is 0.364. The molecule has 82 valence electrons. The molecule has 0 saturated heterocycles. The minimum atomic E-state index is -0.123. The van der Waals surface area contributed by atoms with Crippen LogP contribution < -0.4 is 14.2 Å². The molecular formula is C11H14O4. The molecule has 4 nitrogen and oxygen atoms in total. The van der Waals surface area contributed by atoms with E-state index >= 15 is 0 Å². The fourth-order valence-corrected chi connectivity index (χ4v) is 1.41. The molecule has 0 aromatic heterocycles. The van der Waals surface area contributed by atoms with Gasteiger partial charge in [-0.1, -0.05) is 0 Å². The van der Waals surface area contributed by atoms with Crippen LogP contribution in [0.15, 0.2) is 12.1 Å². The molecule has 1 aromatic rings. The molecule has 15 heavy (non-hydrogen) atoms. The molecule has 0 atom stereocenters. The summed E-state index contributed by atoms with van der Waals surface area (Å²) < 4.78 is 15.3. The molecule has 0 amide bonds. The first-order valence-electron chi connectivity index (χ1n) is 4.45. The normalized spacial score (nSPS) is 9.60. The zero-order valence-electron chi connectivity index (χ0n) is 9.29. The predicted octanol–water partition coefficient (Wildman–Crippen LogP) is 1.91. The number of ketones is 1. The second-order valence-electron chi connectivity index (χ2n) is 2.93. The SMILES string of the molecule is COc1ccc(OC)c(C(C)=O)c1OC. The van der Waals surface area contributed by atoms with E-state index in [-0.39, 0.29) is 5.78 Å². The van der Waals surface area contributed by atoms with Crippen molar-refractivity contribution in [1.29, 1.82) is 0 Å². The lowest BCUT2D eigenvalue weighted by atomic mass is 10.1. The topological polar surface area (TPSA) is 44.8 Å². The van der Waals surface area contributed by atoms with Crippen LogP contribution in [-0.2, 0) is 0 Å². The molecule has 0 aliphatic heterocycles. The minimum absolute atomic E-state index is 0.123. The van der Waals surface area contributed by atoms with Crippen LogP contribution in [0.1, 0.15) is 17.3 Å². The Labute approximate surface area is 88.8 Å². The van der Waals surface area contributed by atoms with Crippen LogP contribution in [0.3, 0.4) is 0 Å². The molecule has 0 unspecified atom stereocenters. The lowest BCUT2D eigenvalue weighted by Crippen LogP contribution is -2.03. The summed E-state index contributed by atoms with van der Waals surface area (Å²) in [6.45, 7) is 1.46. The first kappa shape index (κ1) is 11.4. The largest absolute Gasteiger partial charge is 0.496 e. The molecule has 0 fully saturated rings. The Morgan fingerprint density at radius 1 is 1.00 bits per heavy atom. The van der Waals surface area contributed by atoms with Gasteiger partial charge < -0.3 is 14.2 Å². The van der Waals surface area contributed by atoms with Crippen molar-refractivity contribution in [2.45, 2.75) is 6.92 Å². The van der Waals surface area contributed by atoms with Crippen LogP contribution >= 0.6 is 0 Å². The van der Waals surface area contributed by atoms with Gasteiger partial charge in [0.1, 0.15) is 11.3 Å². The molecule has 0 aliphatic carbocycles. The van der Waals surface area contributed by atoms with Crippen LogP contribution in [0.5, 0.6) is 17.2 Å². The van der Waals surface area contributed by atoms with Gasteiger partial charge in [0.15, 0.2) is 17.3 Å². The Balaban J connectivity index is 3.44. The molecular weight excluding hydrogens is 196 g/mol. The summed E-state index contributed by atoms with van der Waals surface area (Å²) >= 11 is 0. The highest BCUT2D eigenvalue weighted by molar-refractivity contribution is 6.00. The van der Waals surface area contributed by atoms with Crippen molar-refractivity contribution >= 4 is 5.78 Å². The Morgan fingerprint density at radius 2 is 1.53 bits per heavy atom. The standard InChI is InChI=1S/C11H14O4/c1-7(12)10-8(13-2)5-6-9(14-3)11(10)15-4/h5-6H,1-4H3. The molecule has 1 rings (SSSR count). The summed E-state index contributed by atoms with van der Waals surface area (Å²) in [7, 11) is 4.52. The number of benzene rings is 1. The van der Waals surface area contributed by atoms with Crippen molar-refractivity contribution in [2.75, 3.05) is 21.3 Å². The van der Waals surface area contributed by atoms with E-state index in [4.69, 9.17) is 14.2 Å². The molecule has 0 saturated carbocycles. The molecule has 0 bridgehead atoms. The van der Waals surface area contributed by atoms with Gasteiger partial charge in [-0.05, 0) is 19.1 Å². The predicted molar refractivity (Wildman–Crippen MR) is 56.1 cm³/mol. The third-order valence-electron chi connectivity index (χ3n) is 2.08. The van der Waals surface area contributed by atoms with Crippen molar-refractivity contribution in [3.05, 3.63) is 17.7 Å². The summed E-state index contributed by atoms with van der Waals surface area (Å²) in [5, 5.41) is 0. The van der Waals surface area contributed by atoms with E-state index in [0.717, 1.165) is 0 Å². The number of rotatable bonds is 4. The number of carbonyl (C=O) groups excluding carboxylic acids is 1. The number of ether oxygens (including phenoxy) is 3. The average molecular weight is 210 g/mol. The van der Waals surface area contributed by atoms with Gasteiger partial charge in [0, 0.05) is 0 Å². The second-order valence-corrected chi connectivity index (χ2v) is 2.93. The maximum Gasteiger partial charge on any atom is 0.175 e. The van der Waals surface area contributed by atoms with Crippen molar-refractivity contribution in [3.8, 4) is 17.2 Å². The molecule has 4 heteroatoms. The molecule has 0 heterocycles. The van der Waals surface area contributed by atoms with E-state index in [2.05, 4.69) is 0 Å². The summed E-state index contributed by atoms with van der Waals surface area (Å²) in [5.41, 5.74) is 0.402. The van der Waals surface area contributed by atoms with Gasteiger partial charge in [-0.25, -0.2) is 0 Å². The fourth-order valence-electron chi connectivity index (χ4n) is 1.41. The zero-order valence-corrected chi connectivity index (χ0v) is 9.29. The average Bonchev–Trinajstić information content (AvgIpc) is 2.26. The van der Waals surface area contributed by atoms with Crippen LogP contribution in [-0.4, -0.2) is 27.1 Å². The highest BCUT2D eigenvalue weighted by atomic mass is 16.5. The Kier molecular flexibility index (Phi) is 3.55. The number of hydrogen-bond donors (Lipinski definition) is 0. The van der Waals surface area contributed by atoms with E-state index in [9.17, 15) is 4.79 Å². The molecule has 0 N–H and O–H groups in total. The van der Waals surface area contributed by atoms with Gasteiger partial charge in [-0.15, -0.1) is 0 Å². The number of carbonyl (C=O) groups is 1. The second kappa shape index (κ2) is 4.68. The first-order chi connectivity index (χ1) is 7.15.